The van der Waals surface area contributed by atoms with E-state index in [9.17, 15) is 0 Å². The lowest BCUT2D eigenvalue weighted by atomic mass is 10.00. The van der Waals surface area contributed by atoms with Crippen molar-refractivity contribution in [2.45, 2.75) is 24.3 Å². The molecule has 1 fully saturated rings. The number of hydrogen-bond donors (Lipinski definition) is 1. The third-order valence-corrected chi connectivity index (χ3v) is 7.16. The first kappa shape index (κ1) is 20.4. The van der Waals surface area contributed by atoms with Crippen LogP contribution in [-0.2, 0) is 6.54 Å². The van der Waals surface area contributed by atoms with E-state index < -0.39 is 0 Å². The van der Waals surface area contributed by atoms with Crippen LogP contribution in [0, 0.1) is 0 Å². The van der Waals surface area contributed by atoms with Crippen molar-refractivity contribution in [3.63, 3.8) is 0 Å². The normalized spacial score (nSPS) is 14.5. The van der Waals surface area contributed by atoms with Gasteiger partial charge in [-0.05, 0) is 71.4 Å². The molecule has 1 aliphatic rings. The first-order chi connectivity index (χ1) is 16.3. The molecule has 2 N–H and O–H groups in total. The smallest absolute Gasteiger partial charge is 0.162 e. The van der Waals surface area contributed by atoms with Crippen LogP contribution in [0.3, 0.4) is 0 Å². The van der Waals surface area contributed by atoms with Crippen molar-refractivity contribution < 1.29 is 0 Å². The lowest BCUT2D eigenvalue weighted by molar-refractivity contribution is 0.331. The number of benzene rings is 3. The molecule has 3 aromatic carbocycles. The molecule has 2 aromatic heterocycles. The van der Waals surface area contributed by atoms with Gasteiger partial charge in [-0.25, -0.2) is 9.50 Å². The van der Waals surface area contributed by atoms with Crippen LogP contribution < -0.4 is 5.14 Å². The summed E-state index contributed by atoms with van der Waals surface area (Å²) in [4.78, 5) is 8.40. The second-order valence-electron chi connectivity index (χ2n) is 8.62. The number of nitrogens with two attached hydrogens (primary N) is 1. The summed E-state index contributed by atoms with van der Waals surface area (Å²) in [5.74, 6) is 0. The van der Waals surface area contributed by atoms with Crippen LogP contribution >= 0.6 is 11.9 Å². The molecule has 0 unspecified atom stereocenters. The highest BCUT2D eigenvalue weighted by Crippen LogP contribution is 2.35. The average molecular weight is 452 g/mol. The first-order valence-electron chi connectivity index (χ1n) is 11.3. The van der Waals surface area contributed by atoms with E-state index >= 15 is 0 Å². The highest BCUT2D eigenvalue weighted by atomic mass is 32.2. The number of rotatable bonds is 5. The third kappa shape index (κ3) is 3.80. The molecule has 164 valence electrons. The summed E-state index contributed by atoms with van der Waals surface area (Å²) < 4.78 is 1.88. The van der Waals surface area contributed by atoms with Gasteiger partial charge in [0.2, 0.25) is 0 Å². The van der Waals surface area contributed by atoms with Gasteiger partial charge in [0.1, 0.15) is 0 Å². The van der Waals surface area contributed by atoms with E-state index in [0.29, 0.717) is 0 Å². The van der Waals surface area contributed by atoms with E-state index in [0.717, 1.165) is 50.1 Å². The summed E-state index contributed by atoms with van der Waals surface area (Å²) in [5.41, 5.74) is 6.56. The Balaban J connectivity index is 1.34. The van der Waals surface area contributed by atoms with Gasteiger partial charge in [0.15, 0.2) is 5.65 Å². The van der Waals surface area contributed by atoms with Gasteiger partial charge >= 0.3 is 0 Å². The third-order valence-electron chi connectivity index (χ3n) is 6.55. The molecule has 5 nitrogen and oxygen atoms in total. The summed E-state index contributed by atoms with van der Waals surface area (Å²) >= 11 is 1.28. The van der Waals surface area contributed by atoms with Crippen molar-refractivity contribution in [1.29, 1.82) is 0 Å². The van der Waals surface area contributed by atoms with Crippen LogP contribution in [-0.4, -0.2) is 32.6 Å². The lowest BCUT2D eigenvalue weighted by Crippen LogP contribution is -2.18. The molecular formula is C27H25N5S. The van der Waals surface area contributed by atoms with Gasteiger partial charge in [-0.2, -0.15) is 5.10 Å². The molecular weight excluding hydrogens is 426 g/mol. The Labute approximate surface area is 197 Å². The number of aromatic nitrogens is 3. The SMILES string of the molecule is NSc1ccc(-c2cnn3cc(-c4ccc(CN5CCCC5)cc4)cnc23)c2ccccc12. The second kappa shape index (κ2) is 8.63. The fourth-order valence-corrected chi connectivity index (χ4v) is 5.28. The molecule has 6 heteroatoms. The van der Waals surface area contributed by atoms with Crippen molar-refractivity contribution in [2.75, 3.05) is 13.1 Å². The van der Waals surface area contributed by atoms with Gasteiger partial charge in [-0.1, -0.05) is 54.6 Å². The molecule has 5 aromatic rings. The Kier molecular flexibility index (Phi) is 5.34. The van der Waals surface area contributed by atoms with E-state index in [1.54, 1.807) is 0 Å². The Morgan fingerprint density at radius 1 is 0.818 bits per heavy atom. The molecule has 0 spiro atoms. The van der Waals surface area contributed by atoms with Gasteiger partial charge in [0, 0.05) is 35.0 Å². The van der Waals surface area contributed by atoms with Crippen molar-refractivity contribution in [1.82, 2.24) is 19.5 Å². The maximum absolute atomic E-state index is 5.88. The van der Waals surface area contributed by atoms with Gasteiger partial charge in [0.05, 0.1) is 6.20 Å². The van der Waals surface area contributed by atoms with Gasteiger partial charge < -0.3 is 0 Å². The highest BCUT2D eigenvalue weighted by Gasteiger charge is 2.14. The second-order valence-corrected chi connectivity index (χ2v) is 9.30. The fourth-order valence-electron chi connectivity index (χ4n) is 4.82. The van der Waals surface area contributed by atoms with Gasteiger partial charge in [-0.3, -0.25) is 10.0 Å². The monoisotopic (exact) mass is 451 g/mol. The highest BCUT2D eigenvalue weighted by molar-refractivity contribution is 7.97. The van der Waals surface area contributed by atoms with Crippen LogP contribution in [0.25, 0.3) is 38.7 Å². The minimum Gasteiger partial charge on any atom is -0.299 e. The number of hydrogen-bond acceptors (Lipinski definition) is 5. The van der Waals surface area contributed by atoms with Crippen LogP contribution in [0.2, 0.25) is 0 Å². The minimum atomic E-state index is 0.850. The molecule has 1 saturated heterocycles. The van der Waals surface area contributed by atoms with E-state index in [-0.39, 0.29) is 0 Å². The molecule has 0 saturated carbocycles. The minimum absolute atomic E-state index is 0.850. The molecule has 0 atom stereocenters. The molecule has 3 heterocycles. The summed E-state index contributed by atoms with van der Waals surface area (Å²) in [7, 11) is 0. The molecule has 33 heavy (non-hydrogen) atoms. The van der Waals surface area contributed by atoms with E-state index in [1.165, 1.54) is 43.4 Å². The maximum Gasteiger partial charge on any atom is 0.162 e. The Morgan fingerprint density at radius 3 is 2.39 bits per heavy atom. The van der Waals surface area contributed by atoms with Crippen molar-refractivity contribution in [3.05, 3.63) is 84.8 Å². The number of fused-ring (bicyclic) bond motifs is 2. The molecule has 0 aliphatic carbocycles. The van der Waals surface area contributed by atoms with Crippen LogP contribution in [0.1, 0.15) is 18.4 Å². The van der Waals surface area contributed by atoms with E-state index in [2.05, 4.69) is 70.8 Å². The van der Waals surface area contributed by atoms with Gasteiger partial charge in [-0.15, -0.1) is 0 Å². The summed E-state index contributed by atoms with van der Waals surface area (Å²) in [6, 6.07) is 21.4. The topological polar surface area (TPSA) is 59.4 Å². The zero-order valence-electron chi connectivity index (χ0n) is 18.3. The van der Waals surface area contributed by atoms with Crippen molar-refractivity contribution in [3.8, 4) is 22.3 Å². The Morgan fingerprint density at radius 2 is 1.61 bits per heavy atom. The first-order valence-corrected chi connectivity index (χ1v) is 12.2. The van der Waals surface area contributed by atoms with Crippen LogP contribution in [0.15, 0.2) is 84.1 Å². The van der Waals surface area contributed by atoms with Crippen molar-refractivity contribution in [2.24, 2.45) is 5.14 Å². The Hall–Kier alpha value is -3.19. The van der Waals surface area contributed by atoms with Crippen LogP contribution in [0.5, 0.6) is 0 Å². The Bertz CT molecular complexity index is 1430. The summed E-state index contributed by atoms with van der Waals surface area (Å²) in [5, 5.41) is 12.8. The van der Waals surface area contributed by atoms with Gasteiger partial charge in [0.25, 0.3) is 0 Å². The molecule has 0 radical (unpaired) electrons. The standard InChI is InChI=1S/C27H25N5S/c28-33-26-12-11-23(22-5-1-2-6-24(22)26)25-16-30-32-18-21(15-29-27(25)32)20-9-7-19(8-10-20)17-31-13-3-4-14-31/h1-2,5-12,15-16,18H,3-4,13-14,17,28H2. The molecule has 0 bridgehead atoms. The molecule has 0 amide bonds. The zero-order valence-corrected chi connectivity index (χ0v) is 19.1. The van der Waals surface area contributed by atoms with Crippen molar-refractivity contribution >= 4 is 28.4 Å². The predicted molar refractivity (Wildman–Crippen MR) is 136 cm³/mol. The van der Waals surface area contributed by atoms with E-state index in [4.69, 9.17) is 10.1 Å². The fraction of sp³-hybridized carbons (Fsp3) is 0.185. The maximum atomic E-state index is 5.88. The molecule has 6 rings (SSSR count). The predicted octanol–water partition coefficient (Wildman–Crippen LogP) is 5.78. The number of nitrogens with zero attached hydrogens (tertiary/aromatic N) is 4. The summed E-state index contributed by atoms with van der Waals surface area (Å²) in [6.45, 7) is 3.47. The average Bonchev–Trinajstić information content (AvgIpc) is 3.53. The largest absolute Gasteiger partial charge is 0.299 e. The zero-order chi connectivity index (χ0) is 22.2. The lowest BCUT2D eigenvalue weighted by Gasteiger charge is -2.14. The molecule has 1 aliphatic heterocycles. The summed E-state index contributed by atoms with van der Waals surface area (Å²) in [6.07, 6.45) is 8.56. The van der Waals surface area contributed by atoms with E-state index in [1.807, 2.05) is 23.0 Å². The van der Waals surface area contributed by atoms with Crippen LogP contribution in [0.4, 0.5) is 0 Å². The number of likely N-dealkylation sites (tertiary alicyclic amines) is 1. The quantitative estimate of drug-likeness (QED) is 0.343.